The summed E-state index contributed by atoms with van der Waals surface area (Å²) >= 11 is 1.30. The number of nitrogens with one attached hydrogen (secondary N) is 2. The minimum absolute atomic E-state index is 0.110. The van der Waals surface area contributed by atoms with Crippen molar-refractivity contribution in [2.45, 2.75) is 19.9 Å². The molecule has 20 heavy (non-hydrogen) atoms. The summed E-state index contributed by atoms with van der Waals surface area (Å²) in [6.07, 6.45) is 3.56. The SMILES string of the molecule is CC(=O)Nc1nc(CC(=O)NCc2ccncc2)cs1. The van der Waals surface area contributed by atoms with Crippen molar-refractivity contribution in [3.63, 3.8) is 0 Å². The Labute approximate surface area is 120 Å². The van der Waals surface area contributed by atoms with Crippen LogP contribution in [0.5, 0.6) is 0 Å². The van der Waals surface area contributed by atoms with Crippen molar-refractivity contribution in [3.05, 3.63) is 41.2 Å². The molecule has 6 nitrogen and oxygen atoms in total. The Kier molecular flexibility index (Phi) is 4.78. The van der Waals surface area contributed by atoms with Gasteiger partial charge in [-0.3, -0.25) is 14.6 Å². The lowest BCUT2D eigenvalue weighted by atomic mass is 10.2. The highest BCUT2D eigenvalue weighted by atomic mass is 32.1. The molecule has 0 radical (unpaired) electrons. The molecular formula is C13H14N4O2S. The molecule has 7 heteroatoms. The zero-order valence-electron chi connectivity index (χ0n) is 10.9. The highest BCUT2D eigenvalue weighted by Gasteiger charge is 2.08. The van der Waals surface area contributed by atoms with Crippen LogP contribution in [0.25, 0.3) is 0 Å². The Bertz CT molecular complexity index is 597. The molecule has 2 aromatic heterocycles. The van der Waals surface area contributed by atoms with Gasteiger partial charge in [0.2, 0.25) is 11.8 Å². The summed E-state index contributed by atoms with van der Waals surface area (Å²) in [5.74, 6) is -0.283. The van der Waals surface area contributed by atoms with Crippen LogP contribution in [0.1, 0.15) is 18.2 Å². The first kappa shape index (κ1) is 14.1. The summed E-state index contributed by atoms with van der Waals surface area (Å²) in [5, 5.41) is 7.66. The lowest BCUT2D eigenvalue weighted by Gasteiger charge is -2.03. The second-order valence-corrected chi connectivity index (χ2v) is 4.99. The van der Waals surface area contributed by atoms with Gasteiger partial charge in [-0.2, -0.15) is 0 Å². The van der Waals surface area contributed by atoms with Gasteiger partial charge in [0, 0.05) is 31.2 Å². The summed E-state index contributed by atoms with van der Waals surface area (Å²) in [4.78, 5) is 30.7. The van der Waals surface area contributed by atoms with E-state index in [4.69, 9.17) is 0 Å². The van der Waals surface area contributed by atoms with Crippen LogP contribution in [0.4, 0.5) is 5.13 Å². The molecule has 0 saturated carbocycles. The van der Waals surface area contributed by atoms with Crippen molar-refractivity contribution in [3.8, 4) is 0 Å². The highest BCUT2D eigenvalue weighted by molar-refractivity contribution is 7.13. The van der Waals surface area contributed by atoms with Gasteiger partial charge < -0.3 is 10.6 Å². The molecule has 0 saturated heterocycles. The van der Waals surface area contributed by atoms with E-state index in [0.717, 1.165) is 5.56 Å². The molecule has 0 aliphatic carbocycles. The van der Waals surface area contributed by atoms with E-state index < -0.39 is 0 Å². The molecule has 104 valence electrons. The normalized spacial score (nSPS) is 10.1. The van der Waals surface area contributed by atoms with Gasteiger partial charge in [0.15, 0.2) is 5.13 Å². The fraction of sp³-hybridized carbons (Fsp3) is 0.231. The van der Waals surface area contributed by atoms with Gasteiger partial charge in [0.25, 0.3) is 0 Å². The average Bonchev–Trinajstić information content (AvgIpc) is 2.84. The van der Waals surface area contributed by atoms with Gasteiger partial charge in [-0.1, -0.05) is 0 Å². The smallest absolute Gasteiger partial charge is 0.226 e. The fourth-order valence-electron chi connectivity index (χ4n) is 1.52. The van der Waals surface area contributed by atoms with Gasteiger partial charge in [-0.05, 0) is 17.7 Å². The van der Waals surface area contributed by atoms with Crippen molar-refractivity contribution < 1.29 is 9.59 Å². The van der Waals surface area contributed by atoms with Crippen molar-refractivity contribution in [1.29, 1.82) is 0 Å². The van der Waals surface area contributed by atoms with Crippen LogP contribution < -0.4 is 10.6 Å². The second-order valence-electron chi connectivity index (χ2n) is 4.13. The summed E-state index contributed by atoms with van der Waals surface area (Å²) in [6, 6.07) is 3.69. The van der Waals surface area contributed by atoms with E-state index in [-0.39, 0.29) is 18.2 Å². The first-order valence-corrected chi connectivity index (χ1v) is 6.89. The molecule has 0 aliphatic heterocycles. The highest BCUT2D eigenvalue weighted by Crippen LogP contribution is 2.15. The third-order valence-electron chi connectivity index (χ3n) is 2.42. The maximum Gasteiger partial charge on any atom is 0.226 e. The summed E-state index contributed by atoms with van der Waals surface area (Å²) in [6.45, 7) is 1.88. The summed E-state index contributed by atoms with van der Waals surface area (Å²) in [5.41, 5.74) is 1.64. The third-order valence-corrected chi connectivity index (χ3v) is 3.22. The second kappa shape index (κ2) is 6.76. The average molecular weight is 290 g/mol. The quantitative estimate of drug-likeness (QED) is 0.870. The largest absolute Gasteiger partial charge is 0.352 e. The molecule has 2 heterocycles. The Morgan fingerprint density at radius 1 is 1.30 bits per heavy atom. The van der Waals surface area contributed by atoms with E-state index in [2.05, 4.69) is 20.6 Å². The van der Waals surface area contributed by atoms with Crippen molar-refractivity contribution in [1.82, 2.24) is 15.3 Å². The lowest BCUT2D eigenvalue weighted by molar-refractivity contribution is -0.120. The lowest BCUT2D eigenvalue weighted by Crippen LogP contribution is -2.24. The Morgan fingerprint density at radius 2 is 2.05 bits per heavy atom. The van der Waals surface area contributed by atoms with E-state index in [1.165, 1.54) is 18.3 Å². The van der Waals surface area contributed by atoms with Crippen LogP contribution in [0.2, 0.25) is 0 Å². The molecule has 2 aromatic rings. The maximum absolute atomic E-state index is 11.8. The van der Waals surface area contributed by atoms with Gasteiger partial charge in [-0.25, -0.2) is 4.98 Å². The fourth-order valence-corrected chi connectivity index (χ4v) is 2.28. The number of rotatable bonds is 5. The predicted octanol–water partition coefficient (Wildman–Crippen LogP) is 1.36. The van der Waals surface area contributed by atoms with Crippen LogP contribution in [-0.2, 0) is 22.6 Å². The molecule has 0 unspecified atom stereocenters. The number of hydrogen-bond donors (Lipinski definition) is 2. The van der Waals surface area contributed by atoms with Crippen molar-refractivity contribution in [2.24, 2.45) is 0 Å². The Hall–Kier alpha value is -2.28. The molecule has 0 aromatic carbocycles. The maximum atomic E-state index is 11.8. The number of hydrogen-bond acceptors (Lipinski definition) is 5. The minimum atomic E-state index is -0.173. The first-order valence-electron chi connectivity index (χ1n) is 6.01. The van der Waals surface area contributed by atoms with Crippen molar-refractivity contribution in [2.75, 3.05) is 5.32 Å². The molecule has 0 fully saturated rings. The van der Waals surface area contributed by atoms with Crippen LogP contribution in [0, 0.1) is 0 Å². The molecule has 2 rings (SSSR count). The Morgan fingerprint density at radius 3 is 2.75 bits per heavy atom. The third kappa shape index (κ3) is 4.43. The number of aromatic nitrogens is 2. The number of anilines is 1. The van der Waals surface area contributed by atoms with Gasteiger partial charge in [0.1, 0.15) is 0 Å². The number of amides is 2. The molecule has 2 amide bonds. The van der Waals surface area contributed by atoms with Gasteiger partial charge in [0.05, 0.1) is 12.1 Å². The van der Waals surface area contributed by atoms with E-state index in [0.29, 0.717) is 17.4 Å². The predicted molar refractivity (Wildman–Crippen MR) is 76.2 cm³/mol. The minimum Gasteiger partial charge on any atom is -0.352 e. The van der Waals surface area contributed by atoms with E-state index >= 15 is 0 Å². The first-order chi connectivity index (χ1) is 9.63. The van der Waals surface area contributed by atoms with Crippen molar-refractivity contribution >= 4 is 28.3 Å². The van der Waals surface area contributed by atoms with E-state index in [1.54, 1.807) is 17.8 Å². The zero-order chi connectivity index (χ0) is 14.4. The molecule has 0 bridgehead atoms. The molecule has 0 aliphatic rings. The van der Waals surface area contributed by atoms with E-state index in [9.17, 15) is 9.59 Å². The number of nitrogens with zero attached hydrogens (tertiary/aromatic N) is 2. The van der Waals surface area contributed by atoms with Crippen LogP contribution in [0.15, 0.2) is 29.9 Å². The molecule has 2 N–H and O–H groups in total. The van der Waals surface area contributed by atoms with Crippen LogP contribution in [0.3, 0.4) is 0 Å². The van der Waals surface area contributed by atoms with Gasteiger partial charge >= 0.3 is 0 Å². The zero-order valence-corrected chi connectivity index (χ0v) is 11.7. The number of thiazole rings is 1. The number of carbonyl (C=O) groups is 2. The molecule has 0 atom stereocenters. The number of pyridine rings is 1. The Balaban J connectivity index is 1.82. The van der Waals surface area contributed by atoms with E-state index in [1.807, 2.05) is 12.1 Å². The van der Waals surface area contributed by atoms with Crippen LogP contribution in [-0.4, -0.2) is 21.8 Å². The van der Waals surface area contributed by atoms with Gasteiger partial charge in [-0.15, -0.1) is 11.3 Å². The number of carbonyl (C=O) groups excluding carboxylic acids is 2. The summed E-state index contributed by atoms with van der Waals surface area (Å²) < 4.78 is 0. The van der Waals surface area contributed by atoms with Crippen LogP contribution >= 0.6 is 11.3 Å². The standard InChI is InChI=1S/C13H14N4O2S/c1-9(18)16-13-17-11(8-20-13)6-12(19)15-7-10-2-4-14-5-3-10/h2-5,8H,6-7H2,1H3,(H,15,19)(H,16,17,18). The monoisotopic (exact) mass is 290 g/mol. The molecule has 0 spiro atoms. The summed E-state index contributed by atoms with van der Waals surface area (Å²) in [7, 11) is 0. The molecular weight excluding hydrogens is 276 g/mol. The topological polar surface area (TPSA) is 84.0 Å².